The fraction of sp³-hybridized carbons (Fsp3) is 0.417. The van der Waals surface area contributed by atoms with Crippen LogP contribution in [0.4, 0.5) is 5.69 Å². The highest BCUT2D eigenvalue weighted by atomic mass is 16.5. The Morgan fingerprint density at radius 1 is 1.16 bits per heavy atom. The summed E-state index contributed by atoms with van der Waals surface area (Å²) in [6.07, 6.45) is -4.55. The number of ether oxygens (including phenoxy) is 1. The molecule has 2 rings (SSSR count). The van der Waals surface area contributed by atoms with Gasteiger partial charge in [-0.1, -0.05) is 0 Å². The number of hydrogen-bond donors (Lipinski definition) is 5. The van der Waals surface area contributed by atoms with Gasteiger partial charge in [0.25, 0.3) is 0 Å². The van der Waals surface area contributed by atoms with E-state index in [0.717, 1.165) is 0 Å². The second-order valence-electron chi connectivity index (χ2n) is 4.33. The first-order valence-electron chi connectivity index (χ1n) is 5.74. The van der Waals surface area contributed by atoms with Crippen LogP contribution in [-0.2, 0) is 4.74 Å². The zero-order chi connectivity index (χ0) is 14.0. The summed E-state index contributed by atoms with van der Waals surface area (Å²) in [7, 11) is 0. The SMILES string of the molecule is O=C(O)c1ccc(N[C@@H]2OC[C@@H](O)[C@@H](O)[C@@H]2O)cc1. The summed E-state index contributed by atoms with van der Waals surface area (Å²) in [6.45, 7) is -0.0941. The molecule has 0 aromatic heterocycles. The minimum absolute atomic E-state index is 0.0941. The zero-order valence-electron chi connectivity index (χ0n) is 9.93. The monoisotopic (exact) mass is 269 g/mol. The van der Waals surface area contributed by atoms with Crippen LogP contribution < -0.4 is 5.32 Å². The van der Waals surface area contributed by atoms with Crippen molar-refractivity contribution < 1.29 is 30.0 Å². The Hall–Kier alpha value is -1.67. The average molecular weight is 269 g/mol. The van der Waals surface area contributed by atoms with Crippen molar-refractivity contribution in [2.24, 2.45) is 0 Å². The number of aliphatic hydroxyl groups excluding tert-OH is 3. The Kier molecular flexibility index (Phi) is 4.01. The van der Waals surface area contributed by atoms with E-state index in [1.54, 1.807) is 0 Å². The van der Waals surface area contributed by atoms with E-state index in [-0.39, 0.29) is 12.2 Å². The van der Waals surface area contributed by atoms with Crippen molar-refractivity contribution in [3.05, 3.63) is 29.8 Å². The number of carboxylic acids is 1. The third kappa shape index (κ3) is 3.02. The lowest BCUT2D eigenvalue weighted by Gasteiger charge is -2.35. The maximum absolute atomic E-state index is 10.7. The van der Waals surface area contributed by atoms with Gasteiger partial charge in [0, 0.05) is 5.69 Å². The molecule has 0 aliphatic carbocycles. The molecule has 7 heteroatoms. The first-order chi connectivity index (χ1) is 8.99. The summed E-state index contributed by atoms with van der Waals surface area (Å²) < 4.78 is 5.17. The molecule has 1 aromatic rings. The van der Waals surface area contributed by atoms with Gasteiger partial charge >= 0.3 is 5.97 Å². The maximum Gasteiger partial charge on any atom is 0.335 e. The van der Waals surface area contributed by atoms with Crippen LogP contribution in [0.2, 0.25) is 0 Å². The fourth-order valence-electron chi connectivity index (χ4n) is 1.81. The molecule has 1 fully saturated rings. The summed E-state index contributed by atoms with van der Waals surface area (Å²) in [5, 5.41) is 40.1. The second kappa shape index (κ2) is 5.54. The van der Waals surface area contributed by atoms with Gasteiger partial charge in [0.05, 0.1) is 12.2 Å². The van der Waals surface area contributed by atoms with Crippen molar-refractivity contribution in [1.82, 2.24) is 0 Å². The molecule has 0 saturated carbocycles. The number of rotatable bonds is 3. The normalized spacial score (nSPS) is 30.9. The molecule has 1 saturated heterocycles. The molecule has 0 bridgehead atoms. The third-order valence-electron chi connectivity index (χ3n) is 2.94. The van der Waals surface area contributed by atoms with Crippen LogP contribution in [0, 0.1) is 0 Å². The van der Waals surface area contributed by atoms with Gasteiger partial charge in [-0.25, -0.2) is 4.79 Å². The molecule has 5 N–H and O–H groups in total. The number of anilines is 1. The van der Waals surface area contributed by atoms with Crippen LogP contribution in [0.1, 0.15) is 10.4 Å². The van der Waals surface area contributed by atoms with Gasteiger partial charge in [-0.05, 0) is 24.3 Å². The first-order valence-corrected chi connectivity index (χ1v) is 5.74. The Balaban J connectivity index is 2.03. The van der Waals surface area contributed by atoms with E-state index in [9.17, 15) is 20.1 Å². The molecule has 1 heterocycles. The standard InChI is InChI=1S/C12H15NO6/c14-8-5-19-11(10(16)9(8)15)13-7-3-1-6(2-4-7)12(17)18/h1-4,8-11,13-16H,5H2,(H,17,18)/t8-,9-,10+,11-/m1/s1. The van der Waals surface area contributed by atoms with E-state index in [0.29, 0.717) is 5.69 Å². The lowest BCUT2D eigenvalue weighted by Crippen LogP contribution is -2.55. The first kappa shape index (κ1) is 13.8. The number of carboxylic acid groups (broad SMARTS) is 1. The van der Waals surface area contributed by atoms with E-state index >= 15 is 0 Å². The molecule has 7 nitrogen and oxygen atoms in total. The molecule has 1 aliphatic heterocycles. The van der Waals surface area contributed by atoms with Crippen LogP contribution in [0.25, 0.3) is 0 Å². The van der Waals surface area contributed by atoms with Crippen molar-refractivity contribution in [3.8, 4) is 0 Å². The summed E-state index contributed by atoms with van der Waals surface area (Å²) in [6, 6.07) is 5.87. The Morgan fingerprint density at radius 3 is 2.37 bits per heavy atom. The van der Waals surface area contributed by atoms with E-state index < -0.39 is 30.5 Å². The van der Waals surface area contributed by atoms with Crippen molar-refractivity contribution in [1.29, 1.82) is 0 Å². The summed E-state index contributed by atoms with van der Waals surface area (Å²) in [5.41, 5.74) is 0.684. The van der Waals surface area contributed by atoms with Gasteiger partial charge < -0.3 is 30.5 Å². The highest BCUT2D eigenvalue weighted by Gasteiger charge is 2.37. The van der Waals surface area contributed by atoms with Gasteiger partial charge in [0.15, 0.2) is 6.23 Å². The van der Waals surface area contributed by atoms with Crippen molar-refractivity contribution in [3.63, 3.8) is 0 Å². The van der Waals surface area contributed by atoms with Crippen LogP contribution in [-0.4, -0.2) is 57.5 Å². The average Bonchev–Trinajstić information content (AvgIpc) is 2.40. The van der Waals surface area contributed by atoms with E-state index in [4.69, 9.17) is 9.84 Å². The number of hydrogen-bond acceptors (Lipinski definition) is 6. The Bertz CT molecular complexity index is 448. The topological polar surface area (TPSA) is 119 Å². The van der Waals surface area contributed by atoms with E-state index in [1.165, 1.54) is 24.3 Å². The number of aromatic carboxylic acids is 1. The minimum Gasteiger partial charge on any atom is -0.478 e. The molecule has 1 aliphatic rings. The molecular weight excluding hydrogens is 254 g/mol. The fourth-order valence-corrected chi connectivity index (χ4v) is 1.81. The Labute approximate surface area is 109 Å². The molecule has 0 spiro atoms. The van der Waals surface area contributed by atoms with Gasteiger partial charge in [0.2, 0.25) is 0 Å². The summed E-state index contributed by atoms with van der Waals surface area (Å²) in [5.74, 6) is -1.03. The lowest BCUT2D eigenvalue weighted by atomic mass is 10.0. The lowest BCUT2D eigenvalue weighted by molar-refractivity contribution is -0.178. The largest absolute Gasteiger partial charge is 0.478 e. The molecule has 0 unspecified atom stereocenters. The van der Waals surface area contributed by atoms with Gasteiger partial charge in [-0.3, -0.25) is 0 Å². The summed E-state index contributed by atoms with van der Waals surface area (Å²) in [4.78, 5) is 10.7. The van der Waals surface area contributed by atoms with Crippen molar-refractivity contribution in [2.45, 2.75) is 24.5 Å². The highest BCUT2D eigenvalue weighted by Crippen LogP contribution is 2.19. The number of aliphatic hydroxyl groups is 3. The quantitative estimate of drug-likeness (QED) is 0.489. The van der Waals surface area contributed by atoms with Crippen LogP contribution in [0.15, 0.2) is 24.3 Å². The Morgan fingerprint density at radius 2 is 1.79 bits per heavy atom. The number of benzene rings is 1. The van der Waals surface area contributed by atoms with Crippen molar-refractivity contribution >= 4 is 11.7 Å². The van der Waals surface area contributed by atoms with Crippen LogP contribution >= 0.6 is 0 Å². The molecule has 4 atom stereocenters. The van der Waals surface area contributed by atoms with Crippen LogP contribution in [0.5, 0.6) is 0 Å². The zero-order valence-corrected chi connectivity index (χ0v) is 9.93. The molecule has 0 radical (unpaired) electrons. The number of carbonyl (C=O) groups is 1. The summed E-state index contributed by atoms with van der Waals surface area (Å²) >= 11 is 0. The van der Waals surface area contributed by atoms with Gasteiger partial charge in [0.1, 0.15) is 18.3 Å². The van der Waals surface area contributed by atoms with Gasteiger partial charge in [-0.15, -0.1) is 0 Å². The van der Waals surface area contributed by atoms with E-state index in [2.05, 4.69) is 5.32 Å². The second-order valence-corrected chi connectivity index (χ2v) is 4.33. The smallest absolute Gasteiger partial charge is 0.335 e. The molecule has 1 aromatic carbocycles. The molecule has 104 valence electrons. The predicted molar refractivity (Wildman–Crippen MR) is 64.8 cm³/mol. The van der Waals surface area contributed by atoms with Crippen molar-refractivity contribution in [2.75, 3.05) is 11.9 Å². The highest BCUT2D eigenvalue weighted by molar-refractivity contribution is 5.87. The van der Waals surface area contributed by atoms with E-state index in [1.807, 2.05) is 0 Å². The maximum atomic E-state index is 10.7. The third-order valence-corrected chi connectivity index (χ3v) is 2.94. The number of nitrogens with one attached hydrogen (secondary N) is 1. The predicted octanol–water partition coefficient (Wildman–Crippen LogP) is -0.764. The minimum atomic E-state index is -1.29. The molecule has 0 amide bonds. The molecular formula is C12H15NO6. The molecule has 19 heavy (non-hydrogen) atoms. The van der Waals surface area contributed by atoms with Gasteiger partial charge in [-0.2, -0.15) is 0 Å². The van der Waals surface area contributed by atoms with Crippen LogP contribution in [0.3, 0.4) is 0 Å².